The number of carbonyl (C=O) groups is 1. The number of carbonyl (C=O) groups excluding carboxylic acids is 1. The fraction of sp³-hybridized carbons (Fsp3) is 0.889. The van der Waals surface area contributed by atoms with Crippen molar-refractivity contribution in [3.05, 3.63) is 0 Å². The lowest BCUT2D eigenvalue weighted by Crippen LogP contribution is -2.44. The minimum atomic E-state index is -3.22. The molecule has 0 saturated carbocycles. The van der Waals surface area contributed by atoms with Crippen LogP contribution in [0.5, 0.6) is 0 Å². The van der Waals surface area contributed by atoms with Crippen LogP contribution in [-0.2, 0) is 14.6 Å². The Morgan fingerprint density at radius 3 is 2.73 bits per heavy atom. The molecule has 6 heteroatoms. The number of hydrogen-bond donors (Lipinski definition) is 1. The largest absolute Gasteiger partial charge is 0.341 e. The van der Waals surface area contributed by atoms with Gasteiger partial charge in [0.2, 0.25) is 5.91 Å². The Hall–Kier alpha value is -0.620. The summed E-state index contributed by atoms with van der Waals surface area (Å²) in [6.45, 7) is 1.82. The van der Waals surface area contributed by atoms with Crippen LogP contribution in [-0.4, -0.2) is 50.9 Å². The quantitative estimate of drug-likeness (QED) is 0.695. The summed E-state index contributed by atoms with van der Waals surface area (Å²) in [6.07, 6.45) is 3.02. The Morgan fingerprint density at radius 2 is 2.20 bits per heavy atom. The Bertz CT molecular complexity index is 326. The van der Waals surface area contributed by atoms with Crippen LogP contribution in [0.15, 0.2) is 0 Å². The van der Waals surface area contributed by atoms with Crippen LogP contribution in [0.4, 0.5) is 0 Å². The Kier molecular flexibility index (Phi) is 4.10. The van der Waals surface area contributed by atoms with Gasteiger partial charge in [0.15, 0.2) is 9.84 Å². The average Bonchev–Trinajstić information content (AvgIpc) is 2.15. The molecule has 1 saturated heterocycles. The van der Waals surface area contributed by atoms with Crippen molar-refractivity contribution >= 4 is 15.7 Å². The second kappa shape index (κ2) is 4.94. The van der Waals surface area contributed by atoms with Gasteiger partial charge >= 0.3 is 0 Å². The van der Waals surface area contributed by atoms with Gasteiger partial charge in [0, 0.05) is 19.3 Å². The van der Waals surface area contributed by atoms with Crippen LogP contribution in [0.1, 0.15) is 12.8 Å². The number of nitrogens with zero attached hydrogens (tertiary/aromatic N) is 1. The molecule has 1 fully saturated rings. The highest BCUT2D eigenvalue weighted by Crippen LogP contribution is 2.15. The van der Waals surface area contributed by atoms with Gasteiger partial charge in [-0.05, 0) is 25.3 Å². The van der Waals surface area contributed by atoms with Crippen molar-refractivity contribution in [3.63, 3.8) is 0 Å². The first-order valence-electron chi connectivity index (χ1n) is 5.08. The van der Waals surface area contributed by atoms with E-state index in [1.54, 1.807) is 4.90 Å². The molecular weight excluding hydrogens is 216 g/mol. The molecule has 0 bridgehead atoms. The van der Waals surface area contributed by atoms with Crippen LogP contribution in [0.3, 0.4) is 0 Å². The fourth-order valence-electron chi connectivity index (χ4n) is 1.80. The van der Waals surface area contributed by atoms with Gasteiger partial charge in [-0.25, -0.2) is 8.42 Å². The topological polar surface area (TPSA) is 80.5 Å². The highest BCUT2D eigenvalue weighted by atomic mass is 32.2. The summed E-state index contributed by atoms with van der Waals surface area (Å²) in [5, 5.41) is 0. The zero-order valence-corrected chi connectivity index (χ0v) is 9.79. The van der Waals surface area contributed by atoms with Crippen LogP contribution in [0, 0.1) is 5.92 Å². The molecule has 1 aliphatic heterocycles. The Labute approximate surface area is 90.5 Å². The van der Waals surface area contributed by atoms with Crippen molar-refractivity contribution < 1.29 is 13.2 Å². The predicted molar refractivity (Wildman–Crippen MR) is 58.1 cm³/mol. The number of hydrogen-bond acceptors (Lipinski definition) is 4. The second-order valence-corrected chi connectivity index (χ2v) is 6.29. The van der Waals surface area contributed by atoms with Crippen LogP contribution in [0.2, 0.25) is 0 Å². The monoisotopic (exact) mass is 234 g/mol. The van der Waals surface area contributed by atoms with Crippen molar-refractivity contribution in [2.24, 2.45) is 11.7 Å². The van der Waals surface area contributed by atoms with E-state index in [9.17, 15) is 13.2 Å². The highest BCUT2D eigenvalue weighted by molar-refractivity contribution is 7.91. The molecule has 0 radical (unpaired) electrons. The third-order valence-electron chi connectivity index (χ3n) is 2.59. The summed E-state index contributed by atoms with van der Waals surface area (Å²) in [7, 11) is -3.22. The number of piperidine rings is 1. The summed E-state index contributed by atoms with van der Waals surface area (Å²) < 4.78 is 21.9. The zero-order valence-electron chi connectivity index (χ0n) is 8.98. The molecule has 88 valence electrons. The molecule has 0 spiro atoms. The molecule has 2 N–H and O–H groups in total. The van der Waals surface area contributed by atoms with Gasteiger partial charge in [0.1, 0.15) is 5.75 Å². The van der Waals surface area contributed by atoms with Gasteiger partial charge in [0.25, 0.3) is 0 Å². The van der Waals surface area contributed by atoms with Crippen molar-refractivity contribution in [2.75, 3.05) is 31.6 Å². The van der Waals surface area contributed by atoms with Gasteiger partial charge < -0.3 is 10.6 Å². The normalized spacial score (nSPS) is 22.8. The fourth-order valence-corrected chi connectivity index (χ4v) is 2.43. The van der Waals surface area contributed by atoms with E-state index in [-0.39, 0.29) is 11.7 Å². The predicted octanol–water partition coefficient (Wildman–Crippen LogP) is -0.772. The molecule has 1 rings (SSSR count). The minimum Gasteiger partial charge on any atom is -0.341 e. The van der Waals surface area contributed by atoms with Crippen molar-refractivity contribution in [1.29, 1.82) is 0 Å². The van der Waals surface area contributed by atoms with E-state index in [2.05, 4.69) is 0 Å². The summed E-state index contributed by atoms with van der Waals surface area (Å²) in [5.74, 6) is -0.359. The summed E-state index contributed by atoms with van der Waals surface area (Å²) in [4.78, 5) is 13.2. The molecule has 5 nitrogen and oxygen atoms in total. The van der Waals surface area contributed by atoms with E-state index in [1.165, 1.54) is 0 Å². The SMILES string of the molecule is CS(=O)(=O)CC(=O)N1CCCC(CN)C1. The van der Waals surface area contributed by atoms with Gasteiger partial charge in [-0.2, -0.15) is 0 Å². The standard InChI is InChI=1S/C9H18N2O3S/c1-15(13,14)7-9(12)11-4-2-3-8(5-10)6-11/h8H,2-7,10H2,1H3. The van der Waals surface area contributed by atoms with Gasteiger partial charge in [0.05, 0.1) is 0 Å². The van der Waals surface area contributed by atoms with Crippen molar-refractivity contribution in [3.8, 4) is 0 Å². The maximum absolute atomic E-state index is 11.6. The summed E-state index contributed by atoms with van der Waals surface area (Å²) in [6, 6.07) is 0. The molecular formula is C9H18N2O3S. The zero-order chi connectivity index (χ0) is 11.5. The van der Waals surface area contributed by atoms with E-state index >= 15 is 0 Å². The minimum absolute atomic E-state index is 0.296. The van der Waals surface area contributed by atoms with E-state index in [4.69, 9.17) is 5.73 Å². The molecule has 1 atom stereocenters. The number of nitrogens with two attached hydrogens (primary N) is 1. The number of amides is 1. The molecule has 0 aliphatic carbocycles. The van der Waals surface area contributed by atoms with E-state index in [1.807, 2.05) is 0 Å². The molecule has 1 heterocycles. The van der Waals surface area contributed by atoms with E-state index < -0.39 is 9.84 Å². The maximum Gasteiger partial charge on any atom is 0.237 e. The first kappa shape index (κ1) is 12.4. The lowest BCUT2D eigenvalue weighted by molar-refractivity contribution is -0.130. The molecule has 15 heavy (non-hydrogen) atoms. The average molecular weight is 234 g/mol. The van der Waals surface area contributed by atoms with E-state index in [0.717, 1.165) is 19.1 Å². The summed E-state index contributed by atoms with van der Waals surface area (Å²) >= 11 is 0. The molecule has 1 unspecified atom stereocenters. The van der Waals surface area contributed by atoms with Crippen molar-refractivity contribution in [1.82, 2.24) is 4.90 Å². The van der Waals surface area contributed by atoms with Crippen molar-refractivity contribution in [2.45, 2.75) is 12.8 Å². The van der Waals surface area contributed by atoms with Gasteiger partial charge in [-0.15, -0.1) is 0 Å². The van der Waals surface area contributed by atoms with Gasteiger partial charge in [-0.1, -0.05) is 0 Å². The number of rotatable bonds is 3. The van der Waals surface area contributed by atoms with E-state index in [0.29, 0.717) is 25.6 Å². The Morgan fingerprint density at radius 1 is 1.53 bits per heavy atom. The lowest BCUT2D eigenvalue weighted by Gasteiger charge is -2.32. The third kappa shape index (κ3) is 4.17. The first-order valence-corrected chi connectivity index (χ1v) is 7.14. The third-order valence-corrected chi connectivity index (χ3v) is 3.36. The first-order chi connectivity index (χ1) is 6.92. The van der Waals surface area contributed by atoms with Gasteiger partial charge in [-0.3, -0.25) is 4.79 Å². The lowest BCUT2D eigenvalue weighted by atomic mass is 9.98. The molecule has 1 aliphatic rings. The second-order valence-electron chi connectivity index (χ2n) is 4.15. The van der Waals surface area contributed by atoms with Crippen LogP contribution < -0.4 is 5.73 Å². The summed E-state index contributed by atoms with van der Waals surface area (Å²) in [5.41, 5.74) is 5.54. The highest BCUT2D eigenvalue weighted by Gasteiger charge is 2.24. The molecule has 0 aromatic carbocycles. The number of sulfone groups is 1. The van der Waals surface area contributed by atoms with Crippen LogP contribution >= 0.6 is 0 Å². The molecule has 0 aromatic rings. The molecule has 1 amide bonds. The maximum atomic E-state index is 11.6. The molecule has 0 aromatic heterocycles. The van der Waals surface area contributed by atoms with Crippen LogP contribution in [0.25, 0.3) is 0 Å². The Balaban J connectivity index is 2.53. The smallest absolute Gasteiger partial charge is 0.237 e. The number of likely N-dealkylation sites (tertiary alicyclic amines) is 1.